The fraction of sp³-hybridized carbons (Fsp3) is 0.167. The highest BCUT2D eigenvalue weighted by atomic mass is 32.2. The molecule has 0 saturated heterocycles. The van der Waals surface area contributed by atoms with Crippen LogP contribution in [-0.4, -0.2) is 18.8 Å². The molecule has 0 fully saturated rings. The molecule has 2 aromatic rings. The number of carbonyl (C=O) groups is 1. The van der Waals surface area contributed by atoms with Gasteiger partial charge < -0.3 is 9.15 Å². The first-order valence-electron chi connectivity index (χ1n) is 4.93. The van der Waals surface area contributed by atoms with E-state index in [0.29, 0.717) is 5.58 Å². The SMILES string of the molecule is COC(=O)CSc1cc(=O)oc2ccccc12. The van der Waals surface area contributed by atoms with Crippen molar-refractivity contribution in [2.45, 2.75) is 4.90 Å². The lowest BCUT2D eigenvalue weighted by molar-refractivity contribution is -0.137. The van der Waals surface area contributed by atoms with Crippen molar-refractivity contribution in [3.05, 3.63) is 40.8 Å². The van der Waals surface area contributed by atoms with E-state index in [9.17, 15) is 9.59 Å². The quantitative estimate of drug-likeness (QED) is 0.474. The van der Waals surface area contributed by atoms with Crippen molar-refractivity contribution in [3.63, 3.8) is 0 Å². The number of esters is 1. The van der Waals surface area contributed by atoms with Crippen molar-refractivity contribution in [2.24, 2.45) is 0 Å². The molecule has 1 aromatic heterocycles. The number of methoxy groups -OCH3 is 1. The molecule has 88 valence electrons. The molecule has 0 unspecified atom stereocenters. The molecule has 0 aliphatic rings. The fourth-order valence-corrected chi connectivity index (χ4v) is 2.29. The normalized spacial score (nSPS) is 10.4. The zero-order valence-corrected chi connectivity index (χ0v) is 9.95. The molecule has 5 heteroatoms. The summed E-state index contributed by atoms with van der Waals surface area (Å²) < 4.78 is 9.60. The zero-order valence-electron chi connectivity index (χ0n) is 9.14. The largest absolute Gasteiger partial charge is 0.468 e. The maximum absolute atomic E-state index is 11.3. The Morgan fingerprint density at radius 3 is 2.94 bits per heavy atom. The monoisotopic (exact) mass is 250 g/mol. The van der Waals surface area contributed by atoms with Gasteiger partial charge in [-0.1, -0.05) is 18.2 Å². The molecule has 0 atom stereocenters. The number of rotatable bonds is 3. The Bertz CT molecular complexity index is 603. The van der Waals surface area contributed by atoms with Gasteiger partial charge in [-0.3, -0.25) is 4.79 Å². The number of carbonyl (C=O) groups excluding carboxylic acids is 1. The van der Waals surface area contributed by atoms with Gasteiger partial charge in [-0.25, -0.2) is 4.79 Å². The van der Waals surface area contributed by atoms with E-state index in [4.69, 9.17) is 4.42 Å². The second-order valence-corrected chi connectivity index (χ2v) is 4.31. The van der Waals surface area contributed by atoms with Gasteiger partial charge in [0.25, 0.3) is 0 Å². The molecule has 0 aliphatic heterocycles. The number of thioether (sulfide) groups is 1. The summed E-state index contributed by atoms with van der Waals surface area (Å²) in [7, 11) is 1.33. The Hall–Kier alpha value is -1.75. The lowest BCUT2D eigenvalue weighted by Gasteiger charge is -2.03. The molecule has 0 spiro atoms. The van der Waals surface area contributed by atoms with Gasteiger partial charge >= 0.3 is 11.6 Å². The highest BCUT2D eigenvalue weighted by Gasteiger charge is 2.08. The van der Waals surface area contributed by atoms with Crippen LogP contribution in [0.4, 0.5) is 0 Å². The number of ether oxygens (including phenoxy) is 1. The predicted octanol–water partition coefficient (Wildman–Crippen LogP) is 2.06. The van der Waals surface area contributed by atoms with E-state index in [-0.39, 0.29) is 11.7 Å². The Morgan fingerprint density at radius 1 is 1.41 bits per heavy atom. The minimum Gasteiger partial charge on any atom is -0.468 e. The number of para-hydroxylation sites is 1. The summed E-state index contributed by atoms with van der Waals surface area (Å²) in [6, 6.07) is 8.59. The third-order valence-corrected chi connectivity index (χ3v) is 3.21. The summed E-state index contributed by atoms with van der Waals surface area (Å²) in [4.78, 5) is 23.1. The van der Waals surface area contributed by atoms with Crippen LogP contribution in [0.15, 0.2) is 44.4 Å². The molecule has 0 saturated carbocycles. The molecule has 0 aliphatic carbocycles. The maximum Gasteiger partial charge on any atom is 0.337 e. The molecule has 1 heterocycles. The molecule has 0 bridgehead atoms. The van der Waals surface area contributed by atoms with Gasteiger partial charge in [0.1, 0.15) is 5.58 Å². The molecule has 0 N–H and O–H groups in total. The van der Waals surface area contributed by atoms with Crippen molar-refractivity contribution < 1.29 is 13.9 Å². The second kappa shape index (κ2) is 5.05. The van der Waals surface area contributed by atoms with Gasteiger partial charge in [-0.15, -0.1) is 11.8 Å². The summed E-state index contributed by atoms with van der Waals surface area (Å²) in [6.07, 6.45) is 0. The number of fused-ring (bicyclic) bond motifs is 1. The minimum atomic E-state index is -0.420. The second-order valence-electron chi connectivity index (χ2n) is 3.29. The van der Waals surface area contributed by atoms with Gasteiger partial charge in [-0.2, -0.15) is 0 Å². The van der Waals surface area contributed by atoms with E-state index < -0.39 is 5.63 Å². The van der Waals surface area contributed by atoms with Gasteiger partial charge in [0.2, 0.25) is 0 Å². The lowest BCUT2D eigenvalue weighted by Crippen LogP contribution is -2.04. The van der Waals surface area contributed by atoms with Gasteiger partial charge in [0, 0.05) is 16.3 Å². The van der Waals surface area contributed by atoms with Gasteiger partial charge in [-0.05, 0) is 6.07 Å². The molecule has 2 rings (SSSR count). The van der Waals surface area contributed by atoms with Crippen molar-refractivity contribution in [1.29, 1.82) is 0 Å². The van der Waals surface area contributed by atoms with Crippen LogP contribution in [0.5, 0.6) is 0 Å². The average molecular weight is 250 g/mol. The van der Waals surface area contributed by atoms with E-state index in [1.54, 1.807) is 12.1 Å². The molecule has 0 amide bonds. The predicted molar refractivity (Wildman–Crippen MR) is 65.2 cm³/mol. The smallest absolute Gasteiger partial charge is 0.337 e. The van der Waals surface area contributed by atoms with Crippen molar-refractivity contribution in [1.82, 2.24) is 0 Å². The van der Waals surface area contributed by atoms with Crippen LogP contribution in [0.3, 0.4) is 0 Å². The van der Waals surface area contributed by atoms with Crippen molar-refractivity contribution >= 4 is 28.7 Å². The first-order valence-corrected chi connectivity index (χ1v) is 5.92. The van der Waals surface area contributed by atoms with Crippen LogP contribution in [-0.2, 0) is 9.53 Å². The topological polar surface area (TPSA) is 56.5 Å². The maximum atomic E-state index is 11.3. The lowest BCUT2D eigenvalue weighted by atomic mass is 10.2. The van der Waals surface area contributed by atoms with Gasteiger partial charge in [0.15, 0.2) is 0 Å². The molecule has 0 radical (unpaired) electrons. The third kappa shape index (κ3) is 2.68. The minimum absolute atomic E-state index is 0.171. The molecule has 4 nitrogen and oxygen atoms in total. The summed E-state index contributed by atoms with van der Waals surface area (Å²) in [5, 5.41) is 0.820. The first kappa shape index (κ1) is 11.7. The number of hydrogen-bond acceptors (Lipinski definition) is 5. The number of hydrogen-bond donors (Lipinski definition) is 0. The van der Waals surface area contributed by atoms with Crippen LogP contribution in [0, 0.1) is 0 Å². The Labute approximate surface area is 102 Å². The van der Waals surface area contributed by atoms with Crippen molar-refractivity contribution in [3.8, 4) is 0 Å². The molecule has 17 heavy (non-hydrogen) atoms. The molecular weight excluding hydrogens is 240 g/mol. The third-order valence-electron chi connectivity index (χ3n) is 2.19. The Morgan fingerprint density at radius 2 is 2.18 bits per heavy atom. The standard InChI is InChI=1S/C12H10O4S/c1-15-12(14)7-17-10-6-11(13)16-9-5-3-2-4-8(9)10/h2-6H,7H2,1H3. The van der Waals surface area contributed by atoms with Crippen molar-refractivity contribution in [2.75, 3.05) is 12.9 Å². The van der Waals surface area contributed by atoms with E-state index >= 15 is 0 Å². The van der Waals surface area contributed by atoms with E-state index in [0.717, 1.165) is 10.3 Å². The van der Waals surface area contributed by atoms with E-state index in [2.05, 4.69) is 4.74 Å². The highest BCUT2D eigenvalue weighted by Crippen LogP contribution is 2.26. The van der Waals surface area contributed by atoms with Crippen LogP contribution in [0.2, 0.25) is 0 Å². The summed E-state index contributed by atoms with van der Waals surface area (Å²) in [5.41, 5.74) is 0.100. The Kier molecular flexibility index (Phi) is 3.49. The van der Waals surface area contributed by atoms with Crippen LogP contribution in [0.25, 0.3) is 11.0 Å². The van der Waals surface area contributed by atoms with Crippen LogP contribution < -0.4 is 5.63 Å². The summed E-state index contributed by atoms with van der Waals surface area (Å²) >= 11 is 1.26. The van der Waals surface area contributed by atoms with Crippen LogP contribution >= 0.6 is 11.8 Å². The first-order chi connectivity index (χ1) is 8.20. The fourth-order valence-electron chi connectivity index (χ4n) is 1.40. The number of benzene rings is 1. The summed E-state index contributed by atoms with van der Waals surface area (Å²) in [6.45, 7) is 0. The zero-order chi connectivity index (χ0) is 12.3. The highest BCUT2D eigenvalue weighted by molar-refractivity contribution is 8.00. The average Bonchev–Trinajstić information content (AvgIpc) is 2.35. The van der Waals surface area contributed by atoms with E-state index in [1.165, 1.54) is 24.9 Å². The molecular formula is C12H10O4S. The molecule has 1 aromatic carbocycles. The Balaban J connectivity index is 2.39. The summed E-state index contributed by atoms with van der Waals surface area (Å²) in [5.74, 6) is -0.156. The van der Waals surface area contributed by atoms with Crippen LogP contribution in [0.1, 0.15) is 0 Å². The van der Waals surface area contributed by atoms with E-state index in [1.807, 2.05) is 12.1 Å². The van der Waals surface area contributed by atoms with Gasteiger partial charge in [0.05, 0.1) is 12.9 Å².